The van der Waals surface area contributed by atoms with Crippen LogP contribution in [0.1, 0.15) is 18.5 Å². The zero-order chi connectivity index (χ0) is 15.2. The van der Waals surface area contributed by atoms with Gasteiger partial charge in [-0.1, -0.05) is 23.7 Å². The highest BCUT2D eigenvalue weighted by atomic mass is 35.5. The van der Waals surface area contributed by atoms with Gasteiger partial charge in [0.2, 0.25) is 5.88 Å². The third-order valence-corrected chi connectivity index (χ3v) is 3.28. The van der Waals surface area contributed by atoms with Crippen molar-refractivity contribution >= 4 is 34.7 Å². The van der Waals surface area contributed by atoms with Gasteiger partial charge in [-0.05, 0) is 36.8 Å². The number of aromatic nitrogens is 2. The summed E-state index contributed by atoms with van der Waals surface area (Å²) in [4.78, 5) is 8.00. The lowest BCUT2D eigenvalue weighted by molar-refractivity contribution is 0.397. The van der Waals surface area contributed by atoms with Crippen LogP contribution in [0.5, 0.6) is 5.88 Å². The van der Waals surface area contributed by atoms with Crippen LogP contribution in [0.2, 0.25) is 5.02 Å². The fourth-order valence-electron chi connectivity index (χ4n) is 1.70. The van der Waals surface area contributed by atoms with Gasteiger partial charge in [-0.3, -0.25) is 0 Å². The molecule has 110 valence electrons. The predicted octanol–water partition coefficient (Wildman–Crippen LogP) is 3.19. The van der Waals surface area contributed by atoms with E-state index in [4.69, 9.17) is 28.6 Å². The number of hydrogen-bond donors (Lipinski definition) is 2. The third-order valence-electron chi connectivity index (χ3n) is 2.81. The second-order valence-electron chi connectivity index (χ2n) is 4.32. The Morgan fingerprint density at radius 3 is 2.67 bits per heavy atom. The summed E-state index contributed by atoms with van der Waals surface area (Å²) in [6.45, 7) is 2.01. The van der Waals surface area contributed by atoms with E-state index in [1.54, 1.807) is 13.2 Å². The summed E-state index contributed by atoms with van der Waals surface area (Å²) in [6.07, 6.45) is 1.41. The van der Waals surface area contributed by atoms with Gasteiger partial charge in [0.15, 0.2) is 5.11 Å². The summed E-state index contributed by atoms with van der Waals surface area (Å²) in [5, 5.41) is 7.35. The molecule has 1 atom stereocenters. The first-order chi connectivity index (χ1) is 10.1. The molecule has 0 unspecified atom stereocenters. The van der Waals surface area contributed by atoms with Crippen LogP contribution in [0, 0.1) is 0 Å². The maximum atomic E-state index is 5.87. The summed E-state index contributed by atoms with van der Waals surface area (Å²) in [5.74, 6) is 1.05. The van der Waals surface area contributed by atoms with Gasteiger partial charge in [0.25, 0.3) is 0 Å². The molecule has 2 N–H and O–H groups in total. The minimum atomic E-state index is 0.0472. The monoisotopic (exact) mass is 322 g/mol. The third kappa shape index (κ3) is 4.54. The van der Waals surface area contributed by atoms with Crippen LogP contribution < -0.4 is 15.4 Å². The second-order valence-corrected chi connectivity index (χ2v) is 5.16. The lowest BCUT2D eigenvalue weighted by Crippen LogP contribution is -2.31. The van der Waals surface area contributed by atoms with Gasteiger partial charge >= 0.3 is 0 Å². The van der Waals surface area contributed by atoms with Crippen molar-refractivity contribution in [2.45, 2.75) is 13.0 Å². The Labute approximate surface area is 133 Å². The molecule has 2 aromatic rings. The van der Waals surface area contributed by atoms with Crippen LogP contribution in [0.3, 0.4) is 0 Å². The van der Waals surface area contributed by atoms with Gasteiger partial charge in [0.05, 0.1) is 13.2 Å². The molecule has 0 spiro atoms. The number of rotatable bonds is 4. The van der Waals surface area contributed by atoms with Gasteiger partial charge in [0, 0.05) is 11.1 Å². The molecule has 0 bridgehead atoms. The van der Waals surface area contributed by atoms with Crippen molar-refractivity contribution in [2.24, 2.45) is 0 Å². The van der Waals surface area contributed by atoms with E-state index >= 15 is 0 Å². The van der Waals surface area contributed by atoms with Crippen LogP contribution in [-0.4, -0.2) is 22.2 Å². The van der Waals surface area contributed by atoms with Crippen molar-refractivity contribution in [2.75, 3.05) is 12.4 Å². The second kappa shape index (κ2) is 7.19. The zero-order valence-electron chi connectivity index (χ0n) is 11.6. The molecule has 1 aromatic carbocycles. The van der Waals surface area contributed by atoms with Gasteiger partial charge in [-0.2, -0.15) is 0 Å². The summed E-state index contributed by atoms with van der Waals surface area (Å²) in [5.41, 5.74) is 1.09. The molecule has 1 heterocycles. The molecule has 2 rings (SSSR count). The molecule has 0 saturated carbocycles. The number of halogens is 1. The number of ether oxygens (including phenoxy) is 1. The van der Waals surface area contributed by atoms with Crippen LogP contribution in [-0.2, 0) is 0 Å². The number of methoxy groups -OCH3 is 1. The number of thiocarbonyl (C=S) groups is 1. The Hall–Kier alpha value is -1.92. The first kappa shape index (κ1) is 15.5. The minimum absolute atomic E-state index is 0.0472. The van der Waals surface area contributed by atoms with E-state index < -0.39 is 0 Å². The number of hydrogen-bond acceptors (Lipinski definition) is 4. The fraction of sp³-hybridized carbons (Fsp3) is 0.214. The van der Waals surface area contributed by atoms with E-state index in [9.17, 15) is 0 Å². The Balaban J connectivity index is 1.96. The van der Waals surface area contributed by atoms with Crippen LogP contribution >= 0.6 is 23.8 Å². The number of benzene rings is 1. The average Bonchev–Trinajstić information content (AvgIpc) is 2.47. The van der Waals surface area contributed by atoms with E-state index in [0.29, 0.717) is 21.8 Å². The lowest BCUT2D eigenvalue weighted by atomic mass is 10.1. The Morgan fingerprint density at radius 1 is 1.29 bits per heavy atom. The van der Waals surface area contributed by atoms with Crippen molar-refractivity contribution in [1.82, 2.24) is 15.3 Å². The lowest BCUT2D eigenvalue weighted by Gasteiger charge is -2.17. The topological polar surface area (TPSA) is 59.1 Å². The zero-order valence-corrected chi connectivity index (χ0v) is 13.2. The maximum absolute atomic E-state index is 5.87. The van der Waals surface area contributed by atoms with Gasteiger partial charge in [-0.25, -0.2) is 9.97 Å². The SMILES string of the molecule is COc1cc(NC(=S)N[C@H](C)c2ccc(Cl)cc2)ncn1. The van der Waals surface area contributed by atoms with Crippen LogP contribution in [0.15, 0.2) is 36.7 Å². The molecular formula is C14H15ClN4OS. The number of nitrogens with zero attached hydrogens (tertiary/aromatic N) is 2. The molecule has 0 radical (unpaired) electrons. The standard InChI is InChI=1S/C14H15ClN4OS/c1-9(10-3-5-11(15)6-4-10)18-14(21)19-12-7-13(20-2)17-8-16-12/h3-9H,1-2H3,(H2,16,17,18,19,21)/t9-/m1/s1. The van der Waals surface area contributed by atoms with Crippen LogP contribution in [0.25, 0.3) is 0 Å². The molecule has 21 heavy (non-hydrogen) atoms. The maximum Gasteiger partial charge on any atom is 0.218 e. The van der Waals surface area contributed by atoms with Crippen LogP contribution in [0.4, 0.5) is 5.82 Å². The first-order valence-electron chi connectivity index (χ1n) is 6.27. The molecule has 0 saturated heterocycles. The predicted molar refractivity (Wildman–Crippen MR) is 87.8 cm³/mol. The highest BCUT2D eigenvalue weighted by Crippen LogP contribution is 2.16. The van der Waals surface area contributed by atoms with Crippen molar-refractivity contribution in [3.63, 3.8) is 0 Å². The van der Waals surface area contributed by atoms with E-state index in [1.165, 1.54) is 6.33 Å². The van der Waals surface area contributed by atoms with E-state index in [1.807, 2.05) is 31.2 Å². The van der Waals surface area contributed by atoms with E-state index in [-0.39, 0.29) is 6.04 Å². The Bertz CT molecular complexity index is 621. The molecule has 0 amide bonds. The summed E-state index contributed by atoms with van der Waals surface area (Å²) >= 11 is 11.1. The molecule has 0 aliphatic rings. The van der Waals surface area contributed by atoms with Crippen molar-refractivity contribution in [3.8, 4) is 5.88 Å². The van der Waals surface area contributed by atoms with Crippen molar-refractivity contribution in [3.05, 3.63) is 47.2 Å². The molecule has 0 aliphatic heterocycles. The van der Waals surface area contributed by atoms with E-state index in [2.05, 4.69) is 20.6 Å². The summed E-state index contributed by atoms with van der Waals surface area (Å²) < 4.78 is 5.03. The Morgan fingerprint density at radius 2 is 2.00 bits per heavy atom. The average molecular weight is 323 g/mol. The van der Waals surface area contributed by atoms with Gasteiger partial charge in [0.1, 0.15) is 12.1 Å². The molecule has 7 heteroatoms. The normalized spacial score (nSPS) is 11.6. The first-order valence-corrected chi connectivity index (χ1v) is 7.06. The Kier molecular flexibility index (Phi) is 5.30. The molecule has 0 fully saturated rings. The largest absolute Gasteiger partial charge is 0.481 e. The molecule has 1 aromatic heterocycles. The molecule has 5 nitrogen and oxygen atoms in total. The highest BCUT2D eigenvalue weighted by molar-refractivity contribution is 7.80. The fourth-order valence-corrected chi connectivity index (χ4v) is 2.11. The molecule has 0 aliphatic carbocycles. The van der Waals surface area contributed by atoms with Crippen molar-refractivity contribution < 1.29 is 4.74 Å². The number of anilines is 1. The smallest absolute Gasteiger partial charge is 0.218 e. The minimum Gasteiger partial charge on any atom is -0.481 e. The van der Waals surface area contributed by atoms with Gasteiger partial charge < -0.3 is 15.4 Å². The molecular weight excluding hydrogens is 308 g/mol. The van der Waals surface area contributed by atoms with E-state index in [0.717, 1.165) is 5.56 Å². The van der Waals surface area contributed by atoms with Crippen molar-refractivity contribution in [1.29, 1.82) is 0 Å². The highest BCUT2D eigenvalue weighted by Gasteiger charge is 2.08. The number of nitrogens with one attached hydrogen (secondary N) is 2. The van der Waals surface area contributed by atoms with Gasteiger partial charge in [-0.15, -0.1) is 0 Å². The summed E-state index contributed by atoms with van der Waals surface area (Å²) in [6, 6.07) is 9.32. The summed E-state index contributed by atoms with van der Waals surface area (Å²) in [7, 11) is 1.55. The quantitative estimate of drug-likeness (QED) is 0.843.